The molecule has 1 N–H and O–H groups in total. The number of halogens is 1. The fourth-order valence-electron chi connectivity index (χ4n) is 1.45. The molecule has 20 heavy (non-hydrogen) atoms. The van der Waals surface area contributed by atoms with Crippen LogP contribution in [0.5, 0.6) is 0 Å². The van der Waals surface area contributed by atoms with Crippen LogP contribution < -0.4 is 5.43 Å². The highest BCUT2D eigenvalue weighted by atomic mass is 35.5. The Hall–Kier alpha value is -2.46. The van der Waals surface area contributed by atoms with E-state index < -0.39 is 0 Å². The molecule has 0 aliphatic heterocycles. The number of hydrogen-bond acceptors (Lipinski definition) is 3. The number of rotatable bonds is 4. The standard InChI is InChI=1S/C15H12ClN3O/c16-13(10-12-6-2-1-3-7-12)11-18-19-15(20)14-8-4-5-9-17-14/h1-11H,(H,19,20)/b13-10+,18-11-. The zero-order chi connectivity index (χ0) is 14.2. The summed E-state index contributed by atoms with van der Waals surface area (Å²) in [7, 11) is 0. The van der Waals surface area contributed by atoms with Gasteiger partial charge in [0.2, 0.25) is 0 Å². The van der Waals surface area contributed by atoms with Crippen LogP contribution in [-0.4, -0.2) is 17.1 Å². The third-order valence-corrected chi connectivity index (χ3v) is 2.56. The molecule has 1 aromatic carbocycles. The van der Waals surface area contributed by atoms with Crippen LogP contribution in [-0.2, 0) is 0 Å². The largest absolute Gasteiger partial charge is 0.289 e. The van der Waals surface area contributed by atoms with Gasteiger partial charge in [-0.25, -0.2) is 5.43 Å². The molecule has 2 rings (SSSR count). The molecule has 1 aromatic heterocycles. The van der Waals surface area contributed by atoms with E-state index in [4.69, 9.17) is 11.6 Å². The van der Waals surface area contributed by atoms with E-state index in [0.29, 0.717) is 10.7 Å². The summed E-state index contributed by atoms with van der Waals surface area (Å²) in [5.74, 6) is -0.383. The summed E-state index contributed by atoms with van der Waals surface area (Å²) in [4.78, 5) is 15.5. The number of carbonyl (C=O) groups excluding carboxylic acids is 1. The summed E-state index contributed by atoms with van der Waals surface area (Å²) in [6.07, 6.45) is 4.66. The summed E-state index contributed by atoms with van der Waals surface area (Å²) < 4.78 is 0. The molecule has 1 heterocycles. The number of nitrogens with one attached hydrogen (secondary N) is 1. The van der Waals surface area contributed by atoms with E-state index in [2.05, 4.69) is 15.5 Å². The second-order valence-electron chi connectivity index (χ2n) is 3.85. The maximum Gasteiger partial charge on any atom is 0.289 e. The number of hydrogen-bond donors (Lipinski definition) is 1. The molecular weight excluding hydrogens is 274 g/mol. The predicted molar refractivity (Wildman–Crippen MR) is 80.5 cm³/mol. The molecule has 2 aromatic rings. The van der Waals surface area contributed by atoms with Crippen molar-refractivity contribution in [2.75, 3.05) is 0 Å². The van der Waals surface area contributed by atoms with Crippen molar-refractivity contribution >= 4 is 29.8 Å². The maximum atomic E-state index is 11.6. The van der Waals surface area contributed by atoms with Gasteiger partial charge in [-0.1, -0.05) is 48.0 Å². The highest BCUT2D eigenvalue weighted by Gasteiger charge is 2.03. The molecule has 0 radical (unpaired) electrons. The van der Waals surface area contributed by atoms with Gasteiger partial charge in [0.1, 0.15) is 5.69 Å². The number of amides is 1. The van der Waals surface area contributed by atoms with Gasteiger partial charge in [-0.15, -0.1) is 0 Å². The van der Waals surface area contributed by atoms with Gasteiger partial charge in [-0.05, 0) is 23.8 Å². The lowest BCUT2D eigenvalue weighted by Gasteiger charge is -1.97. The smallest absolute Gasteiger partial charge is 0.266 e. The predicted octanol–water partition coefficient (Wildman–Crippen LogP) is 3.08. The molecule has 0 atom stereocenters. The Morgan fingerprint density at radius 3 is 2.60 bits per heavy atom. The van der Waals surface area contributed by atoms with Gasteiger partial charge >= 0.3 is 0 Å². The van der Waals surface area contributed by atoms with E-state index >= 15 is 0 Å². The Balaban J connectivity index is 1.94. The van der Waals surface area contributed by atoms with Crippen LogP contribution in [0.1, 0.15) is 16.1 Å². The van der Waals surface area contributed by atoms with Crippen molar-refractivity contribution in [3.63, 3.8) is 0 Å². The zero-order valence-corrected chi connectivity index (χ0v) is 11.3. The average molecular weight is 286 g/mol. The summed E-state index contributed by atoms with van der Waals surface area (Å²) in [6, 6.07) is 14.7. The van der Waals surface area contributed by atoms with E-state index in [9.17, 15) is 4.79 Å². The fourth-order valence-corrected chi connectivity index (χ4v) is 1.63. The Labute approximate surface area is 121 Å². The van der Waals surface area contributed by atoms with Gasteiger partial charge in [0.05, 0.1) is 11.2 Å². The normalized spacial score (nSPS) is 11.6. The van der Waals surface area contributed by atoms with Crippen LogP contribution in [0.3, 0.4) is 0 Å². The second-order valence-corrected chi connectivity index (χ2v) is 4.29. The van der Waals surface area contributed by atoms with Crippen LogP contribution >= 0.6 is 11.6 Å². The zero-order valence-electron chi connectivity index (χ0n) is 10.5. The van der Waals surface area contributed by atoms with Crippen molar-refractivity contribution in [3.8, 4) is 0 Å². The quantitative estimate of drug-likeness (QED) is 0.693. The van der Waals surface area contributed by atoms with Gasteiger partial charge < -0.3 is 0 Å². The van der Waals surface area contributed by atoms with Crippen LogP contribution in [0.25, 0.3) is 6.08 Å². The minimum absolute atomic E-state index is 0.299. The van der Waals surface area contributed by atoms with Crippen LogP contribution in [0, 0.1) is 0 Å². The third kappa shape index (κ3) is 4.33. The molecular formula is C15H12ClN3O. The van der Waals surface area contributed by atoms with E-state index in [1.165, 1.54) is 6.21 Å². The van der Waals surface area contributed by atoms with Crippen LogP contribution in [0.4, 0.5) is 0 Å². The molecule has 0 spiro atoms. The number of allylic oxidation sites excluding steroid dienone is 1. The van der Waals surface area contributed by atoms with E-state index in [0.717, 1.165) is 5.56 Å². The van der Waals surface area contributed by atoms with Crippen LogP contribution in [0.2, 0.25) is 0 Å². The van der Waals surface area contributed by atoms with Crippen molar-refractivity contribution in [1.29, 1.82) is 0 Å². The topological polar surface area (TPSA) is 54.4 Å². The Morgan fingerprint density at radius 1 is 1.15 bits per heavy atom. The lowest BCUT2D eigenvalue weighted by Crippen LogP contribution is -2.18. The van der Waals surface area contributed by atoms with Gasteiger partial charge in [0.15, 0.2) is 0 Å². The number of benzene rings is 1. The lowest BCUT2D eigenvalue weighted by atomic mass is 10.2. The van der Waals surface area contributed by atoms with Crippen molar-refractivity contribution < 1.29 is 4.79 Å². The molecule has 0 aliphatic rings. The molecule has 0 saturated carbocycles. The van der Waals surface area contributed by atoms with Crippen molar-refractivity contribution in [2.45, 2.75) is 0 Å². The number of hydrazone groups is 1. The molecule has 5 heteroatoms. The molecule has 0 unspecified atom stereocenters. The molecule has 4 nitrogen and oxygen atoms in total. The number of aromatic nitrogens is 1. The van der Waals surface area contributed by atoms with E-state index in [1.807, 2.05) is 30.3 Å². The first-order chi connectivity index (χ1) is 9.75. The van der Waals surface area contributed by atoms with E-state index in [-0.39, 0.29) is 5.91 Å². The van der Waals surface area contributed by atoms with E-state index in [1.54, 1.807) is 30.5 Å². The van der Waals surface area contributed by atoms with Gasteiger partial charge in [-0.3, -0.25) is 9.78 Å². The number of carbonyl (C=O) groups is 1. The summed E-state index contributed by atoms with van der Waals surface area (Å²) in [6.45, 7) is 0. The summed E-state index contributed by atoms with van der Waals surface area (Å²) in [5, 5.41) is 4.19. The molecule has 0 bridgehead atoms. The second kappa shape index (κ2) is 7.21. The van der Waals surface area contributed by atoms with Crippen molar-refractivity contribution in [2.24, 2.45) is 5.10 Å². The first-order valence-corrected chi connectivity index (χ1v) is 6.30. The fraction of sp³-hybridized carbons (Fsp3) is 0. The highest BCUT2D eigenvalue weighted by molar-refractivity contribution is 6.41. The van der Waals surface area contributed by atoms with Gasteiger partial charge in [-0.2, -0.15) is 5.10 Å². The van der Waals surface area contributed by atoms with Crippen LogP contribution in [0.15, 0.2) is 64.9 Å². The number of nitrogens with zero attached hydrogens (tertiary/aromatic N) is 2. The Kier molecular flexibility index (Phi) is 5.03. The summed E-state index contributed by atoms with van der Waals surface area (Å²) in [5.41, 5.74) is 3.62. The van der Waals surface area contributed by atoms with Crippen molar-refractivity contribution in [1.82, 2.24) is 10.4 Å². The first kappa shape index (κ1) is 14.0. The molecule has 1 amide bonds. The SMILES string of the molecule is O=C(N/N=C\C(Cl)=C/c1ccccc1)c1ccccn1. The monoisotopic (exact) mass is 285 g/mol. The highest BCUT2D eigenvalue weighted by Crippen LogP contribution is 2.07. The minimum atomic E-state index is -0.383. The first-order valence-electron chi connectivity index (χ1n) is 5.92. The summed E-state index contributed by atoms with van der Waals surface area (Å²) >= 11 is 5.99. The molecule has 0 saturated heterocycles. The molecule has 0 aliphatic carbocycles. The maximum absolute atomic E-state index is 11.6. The third-order valence-electron chi connectivity index (χ3n) is 2.36. The number of pyridine rings is 1. The molecule has 0 fully saturated rings. The molecule has 100 valence electrons. The van der Waals surface area contributed by atoms with Crippen molar-refractivity contribution in [3.05, 3.63) is 71.0 Å². The van der Waals surface area contributed by atoms with Gasteiger partial charge in [0, 0.05) is 6.20 Å². The Morgan fingerprint density at radius 2 is 1.90 bits per heavy atom. The Bertz CT molecular complexity index is 624. The average Bonchev–Trinajstić information content (AvgIpc) is 2.49. The minimum Gasteiger partial charge on any atom is -0.266 e. The van der Waals surface area contributed by atoms with Gasteiger partial charge in [0.25, 0.3) is 5.91 Å². The lowest BCUT2D eigenvalue weighted by molar-refractivity contribution is 0.0950.